The van der Waals surface area contributed by atoms with E-state index in [1.54, 1.807) is 12.1 Å². The predicted octanol–water partition coefficient (Wildman–Crippen LogP) is 3.12. The van der Waals surface area contributed by atoms with Gasteiger partial charge in [-0.05, 0) is 75.1 Å². The normalized spacial score (nSPS) is 21.7. The number of benzene rings is 2. The molecule has 2 fully saturated rings. The van der Waals surface area contributed by atoms with Gasteiger partial charge in [-0.1, -0.05) is 44.2 Å². The van der Waals surface area contributed by atoms with Crippen LogP contribution in [0.3, 0.4) is 0 Å². The van der Waals surface area contributed by atoms with Crippen LogP contribution in [0.5, 0.6) is 5.75 Å². The van der Waals surface area contributed by atoms with Crippen LogP contribution in [0.4, 0.5) is 4.79 Å². The first-order chi connectivity index (χ1) is 20.9. The molecule has 4 rings (SSSR count). The Balaban J connectivity index is 1.56. The van der Waals surface area contributed by atoms with E-state index in [-0.39, 0.29) is 43.2 Å². The number of carbonyl (C=O) groups is 1. The Labute approximate surface area is 261 Å². The number of ether oxygens (including phenoxy) is 4. The van der Waals surface area contributed by atoms with Gasteiger partial charge < -0.3 is 34.3 Å². The quantitative estimate of drug-likeness (QED) is 0.304. The number of aliphatic hydroxyl groups excluding tert-OH is 1. The van der Waals surface area contributed by atoms with Gasteiger partial charge in [0.1, 0.15) is 11.9 Å². The zero-order valence-corrected chi connectivity index (χ0v) is 27.2. The van der Waals surface area contributed by atoms with Crippen LogP contribution in [-0.4, -0.2) is 107 Å². The number of aliphatic hydroxyl groups is 1. The Hall–Kier alpha value is -2.74. The lowest BCUT2D eigenvalue weighted by Crippen LogP contribution is -2.52. The molecule has 0 radical (unpaired) electrons. The van der Waals surface area contributed by atoms with Crippen molar-refractivity contribution in [3.8, 4) is 5.75 Å². The van der Waals surface area contributed by atoms with Gasteiger partial charge in [0.25, 0.3) is 0 Å². The largest absolute Gasteiger partial charge is 0.497 e. The number of fused-ring (bicyclic) bond motifs is 1. The third-order valence-corrected chi connectivity index (χ3v) is 10.1. The monoisotopic (exact) mass is 633 g/mol. The number of alkyl carbamates (subject to hydrolysis) is 1. The van der Waals surface area contributed by atoms with Crippen LogP contribution in [-0.2, 0) is 30.7 Å². The van der Waals surface area contributed by atoms with Crippen LogP contribution in [0.25, 0.3) is 0 Å². The van der Waals surface area contributed by atoms with Gasteiger partial charge in [-0.15, -0.1) is 0 Å². The molecule has 2 aliphatic rings. The summed E-state index contributed by atoms with van der Waals surface area (Å²) in [6.07, 6.45) is -1.02. The minimum Gasteiger partial charge on any atom is -0.497 e. The predicted molar refractivity (Wildman–Crippen MR) is 166 cm³/mol. The molecule has 2 N–H and O–H groups in total. The molecule has 0 saturated carbocycles. The Morgan fingerprint density at radius 2 is 1.82 bits per heavy atom. The Morgan fingerprint density at radius 1 is 1.11 bits per heavy atom. The summed E-state index contributed by atoms with van der Waals surface area (Å²) in [5, 5.41) is 14.5. The lowest BCUT2D eigenvalue weighted by molar-refractivity contribution is -0.0907. The van der Waals surface area contributed by atoms with Crippen LogP contribution in [0, 0.1) is 11.3 Å². The number of hydrogen-bond acceptors (Lipinski definition) is 9. The van der Waals surface area contributed by atoms with Gasteiger partial charge in [-0.3, -0.25) is 0 Å². The maximum absolute atomic E-state index is 14.0. The second-order valence-corrected chi connectivity index (χ2v) is 14.6. The summed E-state index contributed by atoms with van der Waals surface area (Å²) < 4.78 is 51.5. The maximum atomic E-state index is 14.0. The van der Waals surface area contributed by atoms with E-state index in [0.29, 0.717) is 12.4 Å². The molecule has 244 valence electrons. The number of amides is 1. The van der Waals surface area contributed by atoms with Crippen molar-refractivity contribution in [2.75, 3.05) is 54.1 Å². The minimum absolute atomic E-state index is 0.0345. The van der Waals surface area contributed by atoms with Gasteiger partial charge in [0.05, 0.1) is 43.3 Å². The molecule has 0 aliphatic carbocycles. The van der Waals surface area contributed by atoms with Crippen molar-refractivity contribution in [3.05, 3.63) is 60.2 Å². The van der Waals surface area contributed by atoms with Gasteiger partial charge in [-0.25, -0.2) is 13.2 Å². The maximum Gasteiger partial charge on any atom is 0.407 e. The van der Waals surface area contributed by atoms with E-state index in [2.05, 4.69) is 10.2 Å². The summed E-state index contributed by atoms with van der Waals surface area (Å²) in [4.78, 5) is 15.3. The number of hydrogen-bond donors (Lipinski definition) is 2. The summed E-state index contributed by atoms with van der Waals surface area (Å²) in [5.41, 5.74) is 0.467. The SMILES string of the molecule is COc1ccc(S(=O)(=O)N(C[C@@H](O)[C@H](Cc2ccccc2)NC(=O)O[C@@H]2CO[C@@H]3OCC[C@@H]32)CC(C)(C)CCN(C)C)cc1. The molecule has 2 aromatic rings. The van der Waals surface area contributed by atoms with Crippen LogP contribution >= 0.6 is 0 Å². The number of carbonyl (C=O) groups excluding carboxylic acids is 1. The van der Waals surface area contributed by atoms with Gasteiger partial charge in [0.2, 0.25) is 10.0 Å². The molecule has 44 heavy (non-hydrogen) atoms. The third-order valence-electron chi connectivity index (χ3n) is 8.24. The first-order valence-corrected chi connectivity index (χ1v) is 16.5. The van der Waals surface area contributed by atoms with Crippen molar-refractivity contribution in [2.24, 2.45) is 11.3 Å². The second-order valence-electron chi connectivity index (χ2n) is 12.7. The second kappa shape index (κ2) is 15.0. The van der Waals surface area contributed by atoms with Crippen molar-refractivity contribution in [1.29, 1.82) is 0 Å². The molecule has 5 atom stereocenters. The summed E-state index contributed by atoms with van der Waals surface area (Å²) in [6.45, 7) is 5.52. The Kier molecular flexibility index (Phi) is 11.7. The summed E-state index contributed by atoms with van der Waals surface area (Å²) in [5.74, 6) is 0.503. The van der Waals surface area contributed by atoms with Gasteiger partial charge >= 0.3 is 6.09 Å². The fourth-order valence-electron chi connectivity index (χ4n) is 5.58. The number of methoxy groups -OCH3 is 1. The number of nitrogens with zero attached hydrogens (tertiary/aromatic N) is 2. The Bertz CT molecular complexity index is 1310. The molecule has 2 heterocycles. The lowest BCUT2D eigenvalue weighted by atomic mass is 9.89. The average molecular weight is 634 g/mol. The van der Waals surface area contributed by atoms with E-state index < -0.39 is 39.8 Å². The van der Waals surface area contributed by atoms with Crippen molar-refractivity contribution in [2.45, 2.75) is 62.5 Å². The van der Waals surface area contributed by atoms with E-state index in [0.717, 1.165) is 24.9 Å². The van der Waals surface area contributed by atoms with Crippen molar-refractivity contribution in [1.82, 2.24) is 14.5 Å². The summed E-state index contributed by atoms with van der Waals surface area (Å²) in [7, 11) is 1.44. The molecular weight excluding hydrogens is 586 g/mol. The first-order valence-electron chi connectivity index (χ1n) is 15.1. The van der Waals surface area contributed by atoms with Crippen molar-refractivity contribution < 1.29 is 37.3 Å². The average Bonchev–Trinajstić information content (AvgIpc) is 3.61. The van der Waals surface area contributed by atoms with Crippen LogP contribution < -0.4 is 10.1 Å². The molecule has 0 unspecified atom stereocenters. The highest BCUT2D eigenvalue weighted by Crippen LogP contribution is 2.33. The van der Waals surface area contributed by atoms with Gasteiger partial charge in [0.15, 0.2) is 6.29 Å². The number of sulfonamides is 1. The van der Waals surface area contributed by atoms with Gasteiger partial charge in [0, 0.05) is 13.1 Å². The van der Waals surface area contributed by atoms with E-state index in [1.165, 1.54) is 23.5 Å². The van der Waals surface area contributed by atoms with E-state index in [4.69, 9.17) is 18.9 Å². The van der Waals surface area contributed by atoms with Crippen LogP contribution in [0.1, 0.15) is 32.3 Å². The molecule has 2 aliphatic heterocycles. The highest BCUT2D eigenvalue weighted by atomic mass is 32.2. The van der Waals surface area contributed by atoms with Gasteiger partial charge in [-0.2, -0.15) is 4.31 Å². The van der Waals surface area contributed by atoms with Crippen LogP contribution in [0.15, 0.2) is 59.5 Å². The topological polar surface area (TPSA) is 127 Å². The van der Waals surface area contributed by atoms with Crippen LogP contribution in [0.2, 0.25) is 0 Å². The standard InChI is InChI=1S/C32H47N3O8S/c1-32(2,16-17-34(3)4)22-35(44(38,39)25-13-11-24(40-5)12-14-25)20-28(36)27(19-23-9-7-6-8-10-23)33-31(37)43-29-21-42-30-26(29)15-18-41-30/h6-14,26-30,36H,15-22H2,1-5H3,(H,33,37)/t26-,27+,28-,29-,30+/m1/s1. The lowest BCUT2D eigenvalue weighted by Gasteiger charge is -2.35. The smallest absolute Gasteiger partial charge is 0.407 e. The summed E-state index contributed by atoms with van der Waals surface area (Å²) in [6, 6.07) is 14.8. The molecule has 0 bridgehead atoms. The third kappa shape index (κ3) is 9.15. The molecule has 11 nitrogen and oxygen atoms in total. The summed E-state index contributed by atoms with van der Waals surface area (Å²) >= 11 is 0. The molecule has 12 heteroatoms. The molecule has 0 aromatic heterocycles. The van der Waals surface area contributed by atoms with E-state index in [9.17, 15) is 18.3 Å². The fraction of sp³-hybridized carbons (Fsp3) is 0.594. The molecule has 2 saturated heterocycles. The zero-order valence-electron chi connectivity index (χ0n) is 26.3. The first kappa shape index (κ1) is 34.1. The molecule has 0 spiro atoms. The van der Waals surface area contributed by atoms with E-state index >= 15 is 0 Å². The van der Waals surface area contributed by atoms with Crippen molar-refractivity contribution in [3.63, 3.8) is 0 Å². The highest BCUT2D eigenvalue weighted by Gasteiger charge is 2.44. The van der Waals surface area contributed by atoms with E-state index in [1.807, 2.05) is 58.3 Å². The molecule has 2 aromatic carbocycles. The van der Waals surface area contributed by atoms with Crippen molar-refractivity contribution >= 4 is 16.1 Å². The molecular formula is C32H47N3O8S. The number of rotatable bonds is 15. The highest BCUT2D eigenvalue weighted by molar-refractivity contribution is 7.89. The minimum atomic E-state index is -4.03. The zero-order chi connectivity index (χ0) is 31.9. The molecule has 1 amide bonds. The number of nitrogens with one attached hydrogen (secondary N) is 1. The fourth-order valence-corrected chi connectivity index (χ4v) is 7.23. The Morgan fingerprint density at radius 3 is 2.48 bits per heavy atom.